The van der Waals surface area contributed by atoms with Gasteiger partial charge in [-0.15, -0.1) is 0 Å². The van der Waals surface area contributed by atoms with Crippen molar-refractivity contribution in [1.82, 2.24) is 10.6 Å². The third-order valence-corrected chi connectivity index (χ3v) is 3.10. The van der Waals surface area contributed by atoms with Crippen LogP contribution in [0.5, 0.6) is 0 Å². The maximum atomic E-state index is 11.6. The molecule has 0 saturated carbocycles. The molecule has 0 bridgehead atoms. The lowest BCUT2D eigenvalue weighted by Gasteiger charge is -2.06. The van der Waals surface area contributed by atoms with Crippen molar-refractivity contribution in [2.24, 2.45) is 0 Å². The van der Waals surface area contributed by atoms with Crippen LogP contribution in [-0.4, -0.2) is 24.9 Å². The van der Waals surface area contributed by atoms with Crippen LogP contribution < -0.4 is 16.4 Å². The van der Waals surface area contributed by atoms with Crippen LogP contribution in [0.4, 0.5) is 5.69 Å². The molecule has 0 spiro atoms. The molecule has 2 amide bonds. The van der Waals surface area contributed by atoms with Gasteiger partial charge in [-0.05, 0) is 37.0 Å². The van der Waals surface area contributed by atoms with Crippen molar-refractivity contribution < 1.29 is 9.59 Å². The SMILES string of the molecule is CCCNC(=O)CCCC(=O)NCCc1ccc(N)cc1. The minimum Gasteiger partial charge on any atom is -0.399 e. The van der Waals surface area contributed by atoms with Gasteiger partial charge in [-0.1, -0.05) is 19.1 Å². The van der Waals surface area contributed by atoms with Crippen molar-refractivity contribution >= 4 is 17.5 Å². The molecule has 0 radical (unpaired) electrons. The number of carbonyl (C=O) groups excluding carboxylic acids is 2. The van der Waals surface area contributed by atoms with Gasteiger partial charge in [-0.2, -0.15) is 0 Å². The Morgan fingerprint density at radius 2 is 1.57 bits per heavy atom. The first kappa shape index (κ1) is 17.0. The summed E-state index contributed by atoms with van der Waals surface area (Å²) in [6, 6.07) is 7.62. The van der Waals surface area contributed by atoms with E-state index < -0.39 is 0 Å². The summed E-state index contributed by atoms with van der Waals surface area (Å²) in [7, 11) is 0. The van der Waals surface area contributed by atoms with Crippen molar-refractivity contribution in [3.8, 4) is 0 Å². The average molecular weight is 291 g/mol. The summed E-state index contributed by atoms with van der Waals surface area (Å²) in [4.78, 5) is 23.0. The molecule has 5 nitrogen and oxygen atoms in total. The zero-order valence-corrected chi connectivity index (χ0v) is 12.7. The molecule has 0 aliphatic heterocycles. The monoisotopic (exact) mass is 291 g/mol. The van der Waals surface area contributed by atoms with E-state index in [0.717, 1.165) is 24.1 Å². The number of hydrogen-bond acceptors (Lipinski definition) is 3. The molecule has 0 heterocycles. The van der Waals surface area contributed by atoms with Gasteiger partial charge in [0.1, 0.15) is 0 Å². The van der Waals surface area contributed by atoms with E-state index in [4.69, 9.17) is 5.73 Å². The predicted octanol–water partition coefficient (Wildman–Crippen LogP) is 1.62. The number of carbonyl (C=O) groups is 2. The summed E-state index contributed by atoms with van der Waals surface area (Å²) in [5.74, 6) is 0.0141. The molecule has 0 aliphatic rings. The van der Waals surface area contributed by atoms with Crippen LogP contribution in [0.25, 0.3) is 0 Å². The summed E-state index contributed by atoms with van der Waals surface area (Å²) >= 11 is 0. The van der Waals surface area contributed by atoms with Crippen molar-refractivity contribution in [3.05, 3.63) is 29.8 Å². The zero-order chi connectivity index (χ0) is 15.5. The third kappa shape index (κ3) is 7.97. The van der Waals surface area contributed by atoms with Gasteiger partial charge in [0.25, 0.3) is 0 Å². The molecule has 0 aromatic heterocycles. The summed E-state index contributed by atoms with van der Waals surface area (Å²) in [6.07, 6.45) is 3.09. The van der Waals surface area contributed by atoms with Crippen molar-refractivity contribution in [1.29, 1.82) is 0 Å². The molecule has 1 aromatic rings. The lowest BCUT2D eigenvalue weighted by atomic mass is 10.1. The minimum atomic E-state index is -0.00580. The van der Waals surface area contributed by atoms with Crippen LogP contribution >= 0.6 is 0 Å². The van der Waals surface area contributed by atoms with E-state index in [0.29, 0.717) is 32.4 Å². The standard InChI is InChI=1S/C16H25N3O2/c1-2-11-18-15(20)4-3-5-16(21)19-12-10-13-6-8-14(17)9-7-13/h6-9H,2-5,10-12,17H2,1H3,(H,18,20)(H,19,21). The molecule has 1 rings (SSSR count). The lowest BCUT2D eigenvalue weighted by Crippen LogP contribution is -2.27. The second kappa shape index (κ2) is 9.80. The first-order valence-corrected chi connectivity index (χ1v) is 7.49. The summed E-state index contributed by atoms with van der Waals surface area (Å²) < 4.78 is 0. The van der Waals surface area contributed by atoms with E-state index >= 15 is 0 Å². The Morgan fingerprint density at radius 3 is 2.14 bits per heavy atom. The number of hydrogen-bond donors (Lipinski definition) is 3. The highest BCUT2D eigenvalue weighted by Gasteiger charge is 2.04. The van der Waals surface area contributed by atoms with Gasteiger partial charge in [0.05, 0.1) is 0 Å². The van der Waals surface area contributed by atoms with E-state index in [1.807, 2.05) is 31.2 Å². The van der Waals surface area contributed by atoms with Gasteiger partial charge in [0.2, 0.25) is 11.8 Å². The molecule has 21 heavy (non-hydrogen) atoms. The molecule has 5 heteroatoms. The number of rotatable bonds is 9. The maximum absolute atomic E-state index is 11.6. The highest BCUT2D eigenvalue weighted by Crippen LogP contribution is 2.05. The summed E-state index contributed by atoms with van der Waals surface area (Å²) in [5, 5.41) is 5.66. The van der Waals surface area contributed by atoms with E-state index in [1.165, 1.54) is 0 Å². The fourth-order valence-corrected chi connectivity index (χ4v) is 1.88. The Labute approximate surface area is 126 Å². The highest BCUT2D eigenvalue weighted by molar-refractivity contribution is 5.78. The molecule has 0 aliphatic carbocycles. The Bertz CT molecular complexity index is 443. The summed E-state index contributed by atoms with van der Waals surface area (Å²) in [6.45, 7) is 3.31. The second-order valence-corrected chi connectivity index (χ2v) is 5.05. The first-order chi connectivity index (χ1) is 10.1. The number of nitrogens with one attached hydrogen (secondary N) is 2. The lowest BCUT2D eigenvalue weighted by molar-refractivity contribution is -0.122. The van der Waals surface area contributed by atoms with Crippen LogP contribution in [0, 0.1) is 0 Å². The molecule has 0 atom stereocenters. The minimum absolute atomic E-state index is 0.00580. The van der Waals surface area contributed by atoms with Crippen LogP contribution in [0.3, 0.4) is 0 Å². The Balaban J connectivity index is 2.08. The second-order valence-electron chi connectivity index (χ2n) is 5.05. The fourth-order valence-electron chi connectivity index (χ4n) is 1.88. The molecule has 0 unspecified atom stereocenters. The van der Waals surface area contributed by atoms with Gasteiger partial charge in [0, 0.05) is 31.6 Å². The van der Waals surface area contributed by atoms with Gasteiger partial charge < -0.3 is 16.4 Å². The molecular weight excluding hydrogens is 266 g/mol. The largest absolute Gasteiger partial charge is 0.399 e. The van der Waals surface area contributed by atoms with E-state index in [1.54, 1.807) is 0 Å². The van der Waals surface area contributed by atoms with Crippen molar-refractivity contribution in [2.75, 3.05) is 18.8 Å². The number of anilines is 1. The van der Waals surface area contributed by atoms with Gasteiger partial charge in [0.15, 0.2) is 0 Å². The van der Waals surface area contributed by atoms with Crippen LogP contribution in [0.1, 0.15) is 38.2 Å². The topological polar surface area (TPSA) is 84.2 Å². The average Bonchev–Trinajstić information content (AvgIpc) is 2.47. The fraction of sp³-hybridized carbons (Fsp3) is 0.500. The molecule has 1 aromatic carbocycles. The van der Waals surface area contributed by atoms with Gasteiger partial charge in [-0.25, -0.2) is 0 Å². The zero-order valence-electron chi connectivity index (χ0n) is 12.7. The van der Waals surface area contributed by atoms with Crippen LogP contribution in [0.15, 0.2) is 24.3 Å². The van der Waals surface area contributed by atoms with Crippen LogP contribution in [0.2, 0.25) is 0 Å². The van der Waals surface area contributed by atoms with Crippen molar-refractivity contribution in [2.45, 2.75) is 39.0 Å². The number of nitrogen functional groups attached to an aromatic ring is 1. The number of benzene rings is 1. The smallest absolute Gasteiger partial charge is 0.220 e. The van der Waals surface area contributed by atoms with Crippen molar-refractivity contribution in [3.63, 3.8) is 0 Å². The van der Waals surface area contributed by atoms with E-state index in [2.05, 4.69) is 10.6 Å². The first-order valence-electron chi connectivity index (χ1n) is 7.49. The highest BCUT2D eigenvalue weighted by atomic mass is 16.2. The molecular formula is C16H25N3O2. The molecule has 116 valence electrons. The molecule has 0 fully saturated rings. The van der Waals surface area contributed by atoms with Gasteiger partial charge in [-0.3, -0.25) is 9.59 Å². The normalized spacial score (nSPS) is 10.1. The summed E-state index contributed by atoms with van der Waals surface area (Å²) in [5.41, 5.74) is 7.49. The third-order valence-electron chi connectivity index (χ3n) is 3.10. The molecule has 4 N–H and O–H groups in total. The predicted molar refractivity (Wildman–Crippen MR) is 84.7 cm³/mol. The number of nitrogens with two attached hydrogens (primary N) is 1. The van der Waals surface area contributed by atoms with Gasteiger partial charge >= 0.3 is 0 Å². The quantitative estimate of drug-likeness (QED) is 0.605. The Hall–Kier alpha value is -2.04. The van der Waals surface area contributed by atoms with E-state index in [-0.39, 0.29) is 11.8 Å². The molecule has 0 saturated heterocycles. The van der Waals surface area contributed by atoms with Crippen LogP contribution in [-0.2, 0) is 16.0 Å². The van der Waals surface area contributed by atoms with E-state index in [9.17, 15) is 9.59 Å². The maximum Gasteiger partial charge on any atom is 0.220 e. The Kier molecular flexibility index (Phi) is 7.94. The Morgan fingerprint density at radius 1 is 1.00 bits per heavy atom. The number of amides is 2.